The van der Waals surface area contributed by atoms with Crippen LogP contribution in [-0.2, 0) is 11.2 Å². The van der Waals surface area contributed by atoms with Crippen molar-refractivity contribution in [1.82, 2.24) is 10.4 Å². The summed E-state index contributed by atoms with van der Waals surface area (Å²) in [5.41, 5.74) is 7.09. The zero-order chi connectivity index (χ0) is 19.3. The van der Waals surface area contributed by atoms with Crippen LogP contribution in [0.5, 0.6) is 0 Å². The number of hydrogen-bond acceptors (Lipinski definition) is 7. The number of aliphatic imine (C=N–C) groups is 2. The number of hydrazine groups is 1. The zero-order valence-corrected chi connectivity index (χ0v) is 15.6. The molecule has 28 heavy (non-hydrogen) atoms. The number of amides is 1. The summed E-state index contributed by atoms with van der Waals surface area (Å²) in [6, 6.07) is 8.37. The van der Waals surface area contributed by atoms with Gasteiger partial charge in [0.1, 0.15) is 11.5 Å². The van der Waals surface area contributed by atoms with Gasteiger partial charge in [-0.05, 0) is 37.0 Å². The van der Waals surface area contributed by atoms with Crippen molar-refractivity contribution in [3.63, 3.8) is 0 Å². The van der Waals surface area contributed by atoms with E-state index < -0.39 is 0 Å². The summed E-state index contributed by atoms with van der Waals surface area (Å²) in [6.07, 6.45) is 5.04. The van der Waals surface area contributed by atoms with E-state index in [4.69, 9.17) is 4.99 Å². The number of amidine groups is 1. The Morgan fingerprint density at radius 3 is 3.04 bits per heavy atom. The number of nitrogens with zero attached hydrogens (tertiary/aromatic N) is 5. The predicted octanol–water partition coefficient (Wildman–Crippen LogP) is 1.58. The van der Waals surface area contributed by atoms with Gasteiger partial charge in [0.15, 0.2) is 11.9 Å². The fourth-order valence-corrected chi connectivity index (χ4v) is 3.77. The van der Waals surface area contributed by atoms with Crippen molar-refractivity contribution < 1.29 is 4.79 Å². The fraction of sp³-hybridized carbons (Fsp3) is 0.400. The highest BCUT2D eigenvalue weighted by molar-refractivity contribution is 6.46. The molecule has 0 radical (unpaired) electrons. The predicted molar refractivity (Wildman–Crippen MR) is 107 cm³/mol. The highest BCUT2D eigenvalue weighted by atomic mass is 16.2. The highest BCUT2D eigenvalue weighted by Crippen LogP contribution is 2.32. The first-order valence-electron chi connectivity index (χ1n) is 9.60. The van der Waals surface area contributed by atoms with Crippen molar-refractivity contribution in [1.29, 1.82) is 5.26 Å². The van der Waals surface area contributed by atoms with Gasteiger partial charge in [0.2, 0.25) is 5.91 Å². The smallest absolute Gasteiger partial charge is 0.223 e. The topological polar surface area (TPSA) is 96.1 Å². The Bertz CT molecular complexity index is 983. The molecule has 1 aliphatic carbocycles. The minimum absolute atomic E-state index is 0.0551. The van der Waals surface area contributed by atoms with Crippen molar-refractivity contribution in [2.45, 2.75) is 38.3 Å². The van der Waals surface area contributed by atoms with Gasteiger partial charge in [-0.1, -0.05) is 6.07 Å². The van der Waals surface area contributed by atoms with Crippen LogP contribution >= 0.6 is 0 Å². The molecule has 1 atom stereocenters. The van der Waals surface area contributed by atoms with Gasteiger partial charge in [-0.15, -0.1) is 0 Å². The van der Waals surface area contributed by atoms with Gasteiger partial charge in [-0.3, -0.25) is 20.2 Å². The van der Waals surface area contributed by atoms with Crippen LogP contribution in [0.4, 0.5) is 11.4 Å². The van der Waals surface area contributed by atoms with E-state index in [-0.39, 0.29) is 11.9 Å². The first kappa shape index (κ1) is 16.8. The second-order valence-electron chi connectivity index (χ2n) is 7.48. The Kier molecular flexibility index (Phi) is 3.83. The molecule has 1 amide bonds. The molecule has 5 rings (SSSR count). The molecule has 0 spiro atoms. The van der Waals surface area contributed by atoms with Gasteiger partial charge >= 0.3 is 0 Å². The van der Waals surface area contributed by atoms with Gasteiger partial charge in [-0.2, -0.15) is 5.26 Å². The quantitative estimate of drug-likeness (QED) is 0.836. The molecule has 2 N–H and O–H groups in total. The second-order valence-corrected chi connectivity index (χ2v) is 7.48. The maximum absolute atomic E-state index is 11.9. The third-order valence-electron chi connectivity index (χ3n) is 5.36. The van der Waals surface area contributed by atoms with Gasteiger partial charge in [-0.25, -0.2) is 5.01 Å². The van der Waals surface area contributed by atoms with Crippen molar-refractivity contribution in [3.05, 3.63) is 35.7 Å². The van der Waals surface area contributed by atoms with Gasteiger partial charge in [0, 0.05) is 30.9 Å². The van der Waals surface area contributed by atoms with E-state index in [1.807, 2.05) is 18.2 Å². The molecule has 0 saturated heterocycles. The van der Waals surface area contributed by atoms with E-state index in [0.29, 0.717) is 12.6 Å². The Labute approximate surface area is 163 Å². The van der Waals surface area contributed by atoms with Gasteiger partial charge in [0.05, 0.1) is 18.7 Å². The van der Waals surface area contributed by atoms with Crippen LogP contribution in [0.3, 0.4) is 0 Å². The Morgan fingerprint density at radius 2 is 2.29 bits per heavy atom. The average molecular weight is 375 g/mol. The third-order valence-corrected chi connectivity index (χ3v) is 5.36. The van der Waals surface area contributed by atoms with Crippen LogP contribution in [-0.4, -0.2) is 47.6 Å². The van der Waals surface area contributed by atoms with Crippen LogP contribution in [0.2, 0.25) is 0 Å². The lowest BCUT2D eigenvalue weighted by Crippen LogP contribution is -2.52. The van der Waals surface area contributed by atoms with Crippen LogP contribution in [0, 0.1) is 11.3 Å². The van der Waals surface area contributed by atoms with E-state index in [1.54, 1.807) is 16.8 Å². The number of nitrogens with one attached hydrogen (secondary N) is 2. The van der Waals surface area contributed by atoms with E-state index in [0.717, 1.165) is 54.6 Å². The number of anilines is 2. The molecular formula is C20H21N7O. The molecule has 3 aliphatic heterocycles. The van der Waals surface area contributed by atoms with Crippen molar-refractivity contribution in [2.24, 2.45) is 9.98 Å². The normalized spacial score (nSPS) is 24.1. The maximum Gasteiger partial charge on any atom is 0.223 e. The Hall–Kier alpha value is -3.34. The van der Waals surface area contributed by atoms with Crippen LogP contribution < -0.4 is 15.6 Å². The summed E-state index contributed by atoms with van der Waals surface area (Å²) < 4.78 is 0. The summed E-state index contributed by atoms with van der Waals surface area (Å²) in [5, 5.41) is 14.6. The zero-order valence-electron chi connectivity index (χ0n) is 15.6. The van der Waals surface area contributed by atoms with Crippen molar-refractivity contribution >= 4 is 28.8 Å². The molecule has 0 aromatic heterocycles. The molecule has 142 valence electrons. The van der Waals surface area contributed by atoms with E-state index in [2.05, 4.69) is 27.9 Å². The van der Waals surface area contributed by atoms with Crippen molar-refractivity contribution in [3.8, 4) is 6.07 Å². The number of nitriles is 1. The molecule has 4 aliphatic rings. The standard InChI is InChI=1S/C20H21N7O/c1-12(28)26-7-6-13-2-3-15(8-18(13)26)24-19-9-17(23-14-4-5-14)20-22-11-16(10-21)27(20)25-19/h2-3,8-9,14,16,24-25H,4-7,11H2,1H3. The fourth-order valence-electron chi connectivity index (χ4n) is 3.77. The third kappa shape index (κ3) is 2.89. The molecule has 8 nitrogen and oxygen atoms in total. The first-order chi connectivity index (χ1) is 13.6. The molecule has 3 heterocycles. The summed E-state index contributed by atoms with van der Waals surface area (Å²) >= 11 is 0. The molecule has 0 bridgehead atoms. The molecule has 1 saturated carbocycles. The minimum atomic E-state index is -0.349. The number of benzene rings is 1. The molecular weight excluding hydrogens is 354 g/mol. The van der Waals surface area contributed by atoms with Gasteiger partial charge < -0.3 is 10.2 Å². The van der Waals surface area contributed by atoms with Crippen LogP contribution in [0.25, 0.3) is 0 Å². The lowest BCUT2D eigenvalue weighted by atomic mass is 10.1. The Balaban J connectivity index is 1.44. The second kappa shape index (κ2) is 6.37. The summed E-state index contributed by atoms with van der Waals surface area (Å²) in [7, 11) is 0. The summed E-state index contributed by atoms with van der Waals surface area (Å²) in [6.45, 7) is 2.76. The molecule has 1 unspecified atom stereocenters. The van der Waals surface area contributed by atoms with Gasteiger partial charge in [0.25, 0.3) is 0 Å². The first-order valence-corrected chi connectivity index (χ1v) is 9.60. The molecule has 1 fully saturated rings. The Morgan fingerprint density at radius 1 is 1.43 bits per heavy atom. The average Bonchev–Trinajstić information content (AvgIpc) is 3.24. The van der Waals surface area contributed by atoms with E-state index in [9.17, 15) is 10.1 Å². The number of carbonyl (C=O) groups excluding carboxylic acids is 1. The van der Waals surface area contributed by atoms with Crippen molar-refractivity contribution in [2.75, 3.05) is 23.3 Å². The SMILES string of the molecule is CC(=O)N1CCc2ccc(NC3=CC(=NC4CC4)C4=NCC(C#N)N4N3)cc21. The number of fused-ring (bicyclic) bond motifs is 2. The van der Waals surface area contributed by atoms with E-state index >= 15 is 0 Å². The number of carbonyl (C=O) groups is 1. The van der Waals surface area contributed by atoms with Crippen LogP contribution in [0.15, 0.2) is 40.1 Å². The van der Waals surface area contributed by atoms with Crippen LogP contribution in [0.1, 0.15) is 25.3 Å². The largest absolute Gasteiger partial charge is 0.341 e. The number of rotatable bonds is 3. The highest BCUT2D eigenvalue weighted by Gasteiger charge is 2.35. The van der Waals surface area contributed by atoms with E-state index in [1.165, 1.54) is 5.56 Å². The summed E-state index contributed by atoms with van der Waals surface area (Å²) in [5.74, 6) is 1.54. The molecule has 1 aromatic carbocycles. The minimum Gasteiger partial charge on any atom is -0.341 e. The lowest BCUT2D eigenvalue weighted by molar-refractivity contribution is -0.116. The number of hydrogen-bond donors (Lipinski definition) is 2. The molecule has 8 heteroatoms. The lowest BCUT2D eigenvalue weighted by Gasteiger charge is -2.31. The maximum atomic E-state index is 11.9. The molecule has 1 aromatic rings. The summed E-state index contributed by atoms with van der Waals surface area (Å²) in [4.78, 5) is 22.9. The monoisotopic (exact) mass is 375 g/mol.